The zero-order valence-corrected chi connectivity index (χ0v) is 15.7. The summed E-state index contributed by atoms with van der Waals surface area (Å²) in [7, 11) is 4.41. The van der Waals surface area contributed by atoms with Gasteiger partial charge >= 0.3 is 0 Å². The Balaban J connectivity index is 1.82. The smallest absolute Gasteiger partial charge is 0.261 e. The fourth-order valence-electron chi connectivity index (χ4n) is 2.45. The van der Waals surface area contributed by atoms with Crippen LogP contribution in [-0.4, -0.2) is 32.2 Å². The summed E-state index contributed by atoms with van der Waals surface area (Å²) in [6.07, 6.45) is 0. The molecule has 27 heavy (non-hydrogen) atoms. The molecule has 1 aromatic heterocycles. The Kier molecular flexibility index (Phi) is 5.56. The van der Waals surface area contributed by atoms with Crippen molar-refractivity contribution in [2.24, 2.45) is 0 Å². The molecule has 0 saturated carbocycles. The Morgan fingerprint density at radius 1 is 1.04 bits per heavy atom. The summed E-state index contributed by atoms with van der Waals surface area (Å²) in [4.78, 5) is 16.9. The first-order chi connectivity index (χ1) is 13.0. The van der Waals surface area contributed by atoms with Crippen LogP contribution >= 0.6 is 11.3 Å². The number of nitrogens with one attached hydrogen (secondary N) is 1. The zero-order valence-electron chi connectivity index (χ0n) is 14.9. The van der Waals surface area contributed by atoms with Crippen molar-refractivity contribution in [2.45, 2.75) is 0 Å². The van der Waals surface area contributed by atoms with Crippen molar-refractivity contribution in [3.63, 3.8) is 0 Å². The Labute approximate surface area is 159 Å². The van der Waals surface area contributed by atoms with Crippen molar-refractivity contribution in [1.82, 2.24) is 4.98 Å². The third kappa shape index (κ3) is 4.01. The van der Waals surface area contributed by atoms with Crippen LogP contribution in [0.2, 0.25) is 0 Å². The van der Waals surface area contributed by atoms with E-state index in [1.807, 2.05) is 0 Å². The summed E-state index contributed by atoms with van der Waals surface area (Å²) in [5, 5.41) is 4.85. The first kappa shape index (κ1) is 18.7. The van der Waals surface area contributed by atoms with E-state index in [1.165, 1.54) is 44.8 Å². The molecule has 0 saturated heterocycles. The molecule has 1 amide bonds. The standard InChI is InChI=1S/C19H17FN2O4S/c1-24-12-5-7-16(25-2)13(9-12)18(23)22-19-21-15(10-27-19)11-4-6-17(26-3)14(20)8-11/h4-10H,1-3H3,(H,21,22,23). The average Bonchev–Trinajstić information content (AvgIpc) is 3.15. The number of amides is 1. The van der Waals surface area contributed by atoms with Gasteiger partial charge in [-0.1, -0.05) is 0 Å². The molecule has 0 bridgehead atoms. The molecule has 2 aromatic carbocycles. The molecule has 1 N–H and O–H groups in total. The van der Waals surface area contributed by atoms with Crippen molar-refractivity contribution in [1.29, 1.82) is 0 Å². The lowest BCUT2D eigenvalue weighted by Crippen LogP contribution is -2.13. The molecule has 0 aliphatic carbocycles. The van der Waals surface area contributed by atoms with E-state index >= 15 is 0 Å². The molecule has 8 heteroatoms. The molecule has 140 valence electrons. The van der Waals surface area contributed by atoms with Gasteiger partial charge in [0.1, 0.15) is 11.5 Å². The molecule has 0 atom stereocenters. The number of benzene rings is 2. The highest BCUT2D eigenvalue weighted by Gasteiger charge is 2.16. The highest BCUT2D eigenvalue weighted by Crippen LogP contribution is 2.30. The molecular formula is C19H17FN2O4S. The maximum atomic E-state index is 13.9. The van der Waals surface area contributed by atoms with Crippen molar-refractivity contribution in [3.8, 4) is 28.5 Å². The Morgan fingerprint density at radius 2 is 1.78 bits per heavy atom. The number of hydrogen-bond acceptors (Lipinski definition) is 6. The Bertz CT molecular complexity index is 974. The van der Waals surface area contributed by atoms with Crippen LogP contribution < -0.4 is 19.5 Å². The number of halogens is 1. The van der Waals surface area contributed by atoms with Crippen LogP contribution in [0.15, 0.2) is 41.8 Å². The van der Waals surface area contributed by atoms with E-state index < -0.39 is 5.82 Å². The van der Waals surface area contributed by atoms with Crippen LogP contribution in [0, 0.1) is 5.82 Å². The topological polar surface area (TPSA) is 69.7 Å². The summed E-state index contributed by atoms with van der Waals surface area (Å²) >= 11 is 1.24. The minimum atomic E-state index is -0.477. The summed E-state index contributed by atoms with van der Waals surface area (Å²) in [5.41, 5.74) is 1.46. The van der Waals surface area contributed by atoms with E-state index in [4.69, 9.17) is 14.2 Å². The summed E-state index contributed by atoms with van der Waals surface area (Å²) in [6, 6.07) is 9.51. The number of nitrogens with zero attached hydrogens (tertiary/aromatic N) is 1. The van der Waals surface area contributed by atoms with Gasteiger partial charge in [0, 0.05) is 10.9 Å². The average molecular weight is 388 g/mol. The Morgan fingerprint density at radius 3 is 2.44 bits per heavy atom. The molecule has 1 heterocycles. The molecule has 0 radical (unpaired) electrons. The SMILES string of the molecule is COc1ccc(OC)c(C(=O)Nc2nc(-c3ccc(OC)c(F)c3)cs2)c1. The van der Waals surface area contributed by atoms with Gasteiger partial charge in [0.2, 0.25) is 0 Å². The molecule has 3 aromatic rings. The summed E-state index contributed by atoms with van der Waals surface area (Å²) < 4.78 is 29.2. The van der Waals surface area contributed by atoms with E-state index in [1.54, 1.807) is 29.6 Å². The monoisotopic (exact) mass is 388 g/mol. The molecule has 0 fully saturated rings. The number of methoxy groups -OCH3 is 3. The van der Waals surface area contributed by atoms with Gasteiger partial charge in [-0.15, -0.1) is 11.3 Å². The second-order valence-electron chi connectivity index (χ2n) is 5.41. The molecule has 3 rings (SSSR count). The Hall–Kier alpha value is -3.13. The van der Waals surface area contributed by atoms with Gasteiger partial charge in [0.15, 0.2) is 16.7 Å². The van der Waals surface area contributed by atoms with E-state index in [0.717, 1.165) is 0 Å². The van der Waals surface area contributed by atoms with Gasteiger partial charge < -0.3 is 14.2 Å². The summed E-state index contributed by atoms with van der Waals surface area (Å²) in [6.45, 7) is 0. The van der Waals surface area contributed by atoms with E-state index in [2.05, 4.69) is 10.3 Å². The maximum absolute atomic E-state index is 13.9. The number of rotatable bonds is 6. The number of carbonyl (C=O) groups is 1. The molecule has 0 aliphatic heterocycles. The fourth-order valence-corrected chi connectivity index (χ4v) is 3.16. The van der Waals surface area contributed by atoms with Crippen LogP contribution in [0.25, 0.3) is 11.3 Å². The fraction of sp³-hybridized carbons (Fsp3) is 0.158. The second-order valence-corrected chi connectivity index (χ2v) is 6.27. The normalized spacial score (nSPS) is 10.4. The van der Waals surface area contributed by atoms with Gasteiger partial charge in [-0.2, -0.15) is 0 Å². The highest BCUT2D eigenvalue weighted by atomic mass is 32.1. The highest BCUT2D eigenvalue weighted by molar-refractivity contribution is 7.14. The van der Waals surface area contributed by atoms with E-state index in [-0.39, 0.29) is 11.7 Å². The van der Waals surface area contributed by atoms with Crippen LogP contribution in [0.4, 0.5) is 9.52 Å². The van der Waals surface area contributed by atoms with E-state index in [0.29, 0.717) is 33.5 Å². The largest absolute Gasteiger partial charge is 0.497 e. The third-order valence-electron chi connectivity index (χ3n) is 3.82. The number of carbonyl (C=O) groups excluding carboxylic acids is 1. The zero-order chi connectivity index (χ0) is 19.4. The predicted molar refractivity (Wildman–Crippen MR) is 102 cm³/mol. The molecule has 0 spiro atoms. The number of ether oxygens (including phenoxy) is 3. The lowest BCUT2D eigenvalue weighted by molar-refractivity contribution is 0.102. The molecule has 0 unspecified atom stereocenters. The number of hydrogen-bond donors (Lipinski definition) is 1. The van der Waals surface area contributed by atoms with E-state index in [9.17, 15) is 9.18 Å². The van der Waals surface area contributed by atoms with Crippen molar-refractivity contribution in [2.75, 3.05) is 26.6 Å². The van der Waals surface area contributed by atoms with Gasteiger partial charge in [-0.05, 0) is 36.4 Å². The van der Waals surface area contributed by atoms with Crippen LogP contribution in [0.5, 0.6) is 17.2 Å². The summed E-state index contributed by atoms with van der Waals surface area (Å²) in [5.74, 6) is 0.256. The maximum Gasteiger partial charge on any atom is 0.261 e. The van der Waals surface area contributed by atoms with Gasteiger partial charge in [0.05, 0.1) is 32.6 Å². The number of aromatic nitrogens is 1. The third-order valence-corrected chi connectivity index (χ3v) is 4.58. The molecule has 0 aliphatic rings. The molecular weight excluding hydrogens is 371 g/mol. The first-order valence-corrected chi connectivity index (χ1v) is 8.76. The van der Waals surface area contributed by atoms with Crippen LogP contribution in [-0.2, 0) is 0 Å². The molecule has 6 nitrogen and oxygen atoms in total. The quantitative estimate of drug-likeness (QED) is 0.684. The minimum absolute atomic E-state index is 0.160. The van der Waals surface area contributed by atoms with Crippen molar-refractivity contribution >= 4 is 22.4 Å². The lowest BCUT2D eigenvalue weighted by Gasteiger charge is -2.09. The van der Waals surface area contributed by atoms with Gasteiger partial charge in [-0.3, -0.25) is 10.1 Å². The second kappa shape index (κ2) is 8.05. The number of thiazole rings is 1. The minimum Gasteiger partial charge on any atom is -0.497 e. The van der Waals surface area contributed by atoms with Crippen LogP contribution in [0.1, 0.15) is 10.4 Å². The van der Waals surface area contributed by atoms with Crippen molar-refractivity contribution in [3.05, 3.63) is 53.2 Å². The van der Waals surface area contributed by atoms with Gasteiger partial charge in [-0.25, -0.2) is 9.37 Å². The lowest BCUT2D eigenvalue weighted by atomic mass is 10.1. The van der Waals surface area contributed by atoms with Crippen LogP contribution in [0.3, 0.4) is 0 Å². The number of anilines is 1. The first-order valence-electron chi connectivity index (χ1n) is 7.88. The predicted octanol–water partition coefficient (Wildman–Crippen LogP) is 4.23. The van der Waals surface area contributed by atoms with Crippen molar-refractivity contribution < 1.29 is 23.4 Å². The van der Waals surface area contributed by atoms with Gasteiger partial charge in [0.25, 0.3) is 5.91 Å².